The first-order chi connectivity index (χ1) is 10.9. The van der Waals surface area contributed by atoms with E-state index in [1.807, 2.05) is 62.7 Å². The van der Waals surface area contributed by atoms with E-state index in [4.69, 9.17) is 4.84 Å². The van der Waals surface area contributed by atoms with E-state index >= 15 is 0 Å². The molecule has 23 heavy (non-hydrogen) atoms. The number of aromatic nitrogens is 2. The normalized spacial score (nSPS) is 11.4. The smallest absolute Gasteiger partial charge is 0.265 e. The highest BCUT2D eigenvalue weighted by Crippen LogP contribution is 2.09. The van der Waals surface area contributed by atoms with Gasteiger partial charge in [0.15, 0.2) is 6.61 Å². The maximum atomic E-state index is 11.8. The number of amides is 1. The number of oxime groups is 1. The molecule has 1 amide bonds. The SMILES string of the molecule is CC(Cn1nc(C)cc1C)=NOCC(=O)Nc1cccc(C)c1. The molecule has 0 bridgehead atoms. The third-order valence-electron chi connectivity index (χ3n) is 3.20. The molecule has 1 N–H and O–H groups in total. The predicted molar refractivity (Wildman–Crippen MR) is 90.6 cm³/mol. The van der Waals surface area contributed by atoms with Crippen molar-refractivity contribution in [2.45, 2.75) is 34.2 Å². The van der Waals surface area contributed by atoms with E-state index in [9.17, 15) is 4.79 Å². The lowest BCUT2D eigenvalue weighted by Gasteiger charge is -2.06. The summed E-state index contributed by atoms with van der Waals surface area (Å²) in [4.78, 5) is 16.9. The predicted octanol–water partition coefficient (Wildman–Crippen LogP) is 2.84. The highest BCUT2D eigenvalue weighted by Gasteiger charge is 2.05. The van der Waals surface area contributed by atoms with Crippen molar-refractivity contribution in [1.82, 2.24) is 9.78 Å². The molecule has 0 unspecified atom stereocenters. The van der Waals surface area contributed by atoms with Gasteiger partial charge in [-0.3, -0.25) is 9.48 Å². The second kappa shape index (κ2) is 7.58. The summed E-state index contributed by atoms with van der Waals surface area (Å²) in [5, 5.41) is 11.1. The van der Waals surface area contributed by atoms with Crippen LogP contribution in [0.3, 0.4) is 0 Å². The van der Waals surface area contributed by atoms with Crippen molar-refractivity contribution in [3.8, 4) is 0 Å². The van der Waals surface area contributed by atoms with Crippen LogP contribution in [-0.2, 0) is 16.2 Å². The lowest BCUT2D eigenvalue weighted by Crippen LogP contribution is -2.18. The van der Waals surface area contributed by atoms with Crippen LogP contribution in [0.15, 0.2) is 35.5 Å². The Morgan fingerprint density at radius 2 is 2.09 bits per heavy atom. The Balaban J connectivity index is 1.81. The first kappa shape index (κ1) is 16.7. The molecule has 0 aliphatic carbocycles. The highest BCUT2D eigenvalue weighted by atomic mass is 16.6. The Hall–Kier alpha value is -2.63. The quantitative estimate of drug-likeness (QED) is 0.658. The molecule has 0 aliphatic rings. The number of hydrogen-bond donors (Lipinski definition) is 1. The van der Waals surface area contributed by atoms with Gasteiger partial charge in [0.1, 0.15) is 0 Å². The van der Waals surface area contributed by atoms with Crippen LogP contribution in [0.25, 0.3) is 0 Å². The van der Waals surface area contributed by atoms with Gasteiger partial charge in [0.05, 0.1) is 18.0 Å². The topological polar surface area (TPSA) is 68.5 Å². The molecule has 122 valence electrons. The zero-order valence-electron chi connectivity index (χ0n) is 14.0. The molecule has 0 fully saturated rings. The first-order valence-electron chi connectivity index (χ1n) is 7.47. The number of rotatable bonds is 6. The summed E-state index contributed by atoms with van der Waals surface area (Å²) < 4.78 is 1.85. The average Bonchev–Trinajstić information content (AvgIpc) is 2.76. The summed E-state index contributed by atoms with van der Waals surface area (Å²) in [5.74, 6) is -0.238. The molecule has 0 radical (unpaired) electrons. The van der Waals surface area contributed by atoms with Crippen molar-refractivity contribution in [2.75, 3.05) is 11.9 Å². The average molecular weight is 314 g/mol. The largest absolute Gasteiger partial charge is 0.386 e. The van der Waals surface area contributed by atoms with Gasteiger partial charge < -0.3 is 10.2 Å². The molecule has 0 saturated heterocycles. The third kappa shape index (κ3) is 5.25. The highest BCUT2D eigenvalue weighted by molar-refractivity contribution is 5.91. The molecule has 0 spiro atoms. The molecule has 0 saturated carbocycles. The van der Waals surface area contributed by atoms with E-state index in [1.165, 1.54) is 0 Å². The molecular weight excluding hydrogens is 292 g/mol. The molecule has 0 atom stereocenters. The van der Waals surface area contributed by atoms with Crippen molar-refractivity contribution >= 4 is 17.3 Å². The molecular formula is C17H22N4O2. The zero-order valence-corrected chi connectivity index (χ0v) is 14.0. The van der Waals surface area contributed by atoms with Crippen molar-refractivity contribution in [3.63, 3.8) is 0 Å². The number of hydrogen-bond acceptors (Lipinski definition) is 4. The monoisotopic (exact) mass is 314 g/mol. The van der Waals surface area contributed by atoms with Gasteiger partial charge in [-0.05, 0) is 51.5 Å². The van der Waals surface area contributed by atoms with Gasteiger partial charge in [0.25, 0.3) is 5.91 Å². The van der Waals surface area contributed by atoms with E-state index in [-0.39, 0.29) is 12.5 Å². The van der Waals surface area contributed by atoms with Crippen molar-refractivity contribution in [2.24, 2.45) is 5.16 Å². The Morgan fingerprint density at radius 3 is 2.74 bits per heavy atom. The van der Waals surface area contributed by atoms with Gasteiger partial charge in [0.2, 0.25) is 0 Å². The Bertz CT molecular complexity index is 719. The minimum Gasteiger partial charge on any atom is -0.386 e. The Morgan fingerprint density at radius 1 is 1.30 bits per heavy atom. The van der Waals surface area contributed by atoms with Crippen LogP contribution < -0.4 is 5.32 Å². The standard InChI is InChI=1S/C17H22N4O2/c1-12-6-5-7-16(8-12)18-17(22)11-23-20-14(3)10-21-15(4)9-13(2)19-21/h5-9H,10-11H2,1-4H3,(H,18,22). The third-order valence-corrected chi connectivity index (χ3v) is 3.20. The molecule has 2 aromatic rings. The molecule has 1 aromatic carbocycles. The lowest BCUT2D eigenvalue weighted by atomic mass is 10.2. The summed E-state index contributed by atoms with van der Waals surface area (Å²) in [6, 6.07) is 9.60. The van der Waals surface area contributed by atoms with Crippen molar-refractivity contribution < 1.29 is 9.63 Å². The second-order valence-corrected chi connectivity index (χ2v) is 5.60. The number of nitrogens with one attached hydrogen (secondary N) is 1. The fourth-order valence-corrected chi connectivity index (χ4v) is 2.20. The maximum absolute atomic E-state index is 11.8. The van der Waals surface area contributed by atoms with E-state index in [2.05, 4.69) is 15.6 Å². The minimum absolute atomic E-state index is 0.123. The number of nitrogens with zero attached hydrogens (tertiary/aromatic N) is 3. The summed E-state index contributed by atoms with van der Waals surface area (Å²) in [5.41, 5.74) is 4.62. The van der Waals surface area contributed by atoms with Gasteiger partial charge in [0, 0.05) is 11.4 Å². The fourth-order valence-electron chi connectivity index (χ4n) is 2.20. The van der Waals surface area contributed by atoms with Gasteiger partial charge >= 0.3 is 0 Å². The Kier molecular flexibility index (Phi) is 5.51. The van der Waals surface area contributed by atoms with Crippen LogP contribution in [0.4, 0.5) is 5.69 Å². The van der Waals surface area contributed by atoms with Crippen LogP contribution in [0, 0.1) is 20.8 Å². The summed E-state index contributed by atoms with van der Waals surface area (Å²) in [7, 11) is 0. The summed E-state index contributed by atoms with van der Waals surface area (Å²) in [6.45, 7) is 8.17. The van der Waals surface area contributed by atoms with E-state index in [0.717, 1.165) is 28.4 Å². The fraction of sp³-hybridized carbons (Fsp3) is 0.353. The molecule has 0 aliphatic heterocycles. The molecule has 2 rings (SSSR count). The molecule has 1 aromatic heterocycles. The van der Waals surface area contributed by atoms with Gasteiger partial charge in [-0.15, -0.1) is 0 Å². The van der Waals surface area contributed by atoms with Gasteiger partial charge in [-0.2, -0.15) is 5.10 Å². The van der Waals surface area contributed by atoms with Gasteiger partial charge in [-0.1, -0.05) is 17.3 Å². The van der Waals surface area contributed by atoms with Crippen LogP contribution in [0.1, 0.15) is 23.9 Å². The lowest BCUT2D eigenvalue weighted by molar-refractivity contribution is -0.120. The van der Waals surface area contributed by atoms with E-state index in [0.29, 0.717) is 6.54 Å². The van der Waals surface area contributed by atoms with Crippen molar-refractivity contribution in [3.05, 3.63) is 47.3 Å². The van der Waals surface area contributed by atoms with E-state index < -0.39 is 0 Å². The number of carbonyl (C=O) groups excluding carboxylic acids is 1. The maximum Gasteiger partial charge on any atom is 0.265 e. The van der Waals surface area contributed by atoms with E-state index in [1.54, 1.807) is 0 Å². The Labute approximate surface area is 136 Å². The van der Waals surface area contributed by atoms with Crippen LogP contribution in [0.5, 0.6) is 0 Å². The summed E-state index contributed by atoms with van der Waals surface area (Å²) >= 11 is 0. The van der Waals surface area contributed by atoms with Crippen LogP contribution in [0.2, 0.25) is 0 Å². The zero-order chi connectivity index (χ0) is 16.8. The number of anilines is 1. The number of carbonyl (C=O) groups is 1. The van der Waals surface area contributed by atoms with Gasteiger partial charge in [-0.25, -0.2) is 0 Å². The summed E-state index contributed by atoms with van der Waals surface area (Å²) in [6.07, 6.45) is 0. The number of aryl methyl sites for hydroxylation is 3. The van der Waals surface area contributed by atoms with Crippen LogP contribution in [-0.4, -0.2) is 28.0 Å². The van der Waals surface area contributed by atoms with Crippen molar-refractivity contribution in [1.29, 1.82) is 0 Å². The molecule has 1 heterocycles. The number of benzene rings is 1. The van der Waals surface area contributed by atoms with Crippen LogP contribution >= 0.6 is 0 Å². The second-order valence-electron chi connectivity index (χ2n) is 5.60. The first-order valence-corrected chi connectivity index (χ1v) is 7.47. The molecule has 6 heteroatoms. The molecule has 6 nitrogen and oxygen atoms in total. The minimum atomic E-state index is -0.238.